The van der Waals surface area contributed by atoms with E-state index in [0.29, 0.717) is 11.2 Å². The van der Waals surface area contributed by atoms with Crippen LogP contribution >= 0.6 is 0 Å². The first kappa shape index (κ1) is 10.6. The largest absolute Gasteiger partial charge is 0.366 e. The fraction of sp³-hybridized carbons (Fsp3) is 0.364. The second-order valence-electron chi connectivity index (χ2n) is 4.05. The van der Waals surface area contributed by atoms with E-state index in [9.17, 15) is 4.79 Å². The molecule has 2 rings (SSSR count). The van der Waals surface area contributed by atoms with Crippen molar-refractivity contribution in [1.82, 2.24) is 14.8 Å². The molecule has 2 aromatic rings. The van der Waals surface area contributed by atoms with Crippen LogP contribution in [-0.4, -0.2) is 20.7 Å². The topological polar surface area (TPSA) is 73.8 Å². The summed E-state index contributed by atoms with van der Waals surface area (Å²) >= 11 is 0. The van der Waals surface area contributed by atoms with Gasteiger partial charge in [0.1, 0.15) is 0 Å². The van der Waals surface area contributed by atoms with Gasteiger partial charge in [0.15, 0.2) is 5.65 Å². The quantitative estimate of drug-likeness (QED) is 0.828. The second kappa shape index (κ2) is 3.59. The fourth-order valence-corrected chi connectivity index (χ4v) is 1.81. The maximum absolute atomic E-state index is 11.3. The number of amides is 1. The Balaban J connectivity index is 2.84. The number of rotatable bonds is 2. The molecular formula is C11H14N4O. The van der Waals surface area contributed by atoms with Crippen molar-refractivity contribution in [3.8, 4) is 0 Å². The van der Waals surface area contributed by atoms with Gasteiger partial charge in [0.2, 0.25) is 5.91 Å². The van der Waals surface area contributed by atoms with E-state index in [1.54, 1.807) is 16.9 Å². The van der Waals surface area contributed by atoms with Gasteiger partial charge in [0.25, 0.3) is 0 Å². The third-order valence-corrected chi connectivity index (χ3v) is 2.52. The van der Waals surface area contributed by atoms with Gasteiger partial charge in [-0.25, -0.2) is 9.67 Å². The molecule has 0 unspecified atom stereocenters. The normalized spacial score (nSPS) is 11.2. The van der Waals surface area contributed by atoms with Crippen molar-refractivity contribution < 1.29 is 4.79 Å². The number of carbonyl (C=O) groups excluding carboxylic acids is 1. The van der Waals surface area contributed by atoms with Crippen LogP contribution in [0.2, 0.25) is 0 Å². The van der Waals surface area contributed by atoms with Crippen molar-refractivity contribution in [2.45, 2.75) is 26.8 Å². The van der Waals surface area contributed by atoms with Crippen LogP contribution in [0.5, 0.6) is 0 Å². The Morgan fingerprint density at radius 1 is 1.50 bits per heavy atom. The molecule has 0 saturated heterocycles. The summed E-state index contributed by atoms with van der Waals surface area (Å²) in [5.74, 6) is -0.446. The van der Waals surface area contributed by atoms with Gasteiger partial charge in [-0.3, -0.25) is 4.79 Å². The van der Waals surface area contributed by atoms with Gasteiger partial charge in [0.05, 0.1) is 16.6 Å². The highest BCUT2D eigenvalue weighted by atomic mass is 16.1. The molecule has 2 heterocycles. The molecule has 2 aromatic heterocycles. The summed E-state index contributed by atoms with van der Waals surface area (Å²) in [6, 6.07) is 1.83. The van der Waals surface area contributed by atoms with Crippen LogP contribution in [0.1, 0.15) is 35.9 Å². The lowest BCUT2D eigenvalue weighted by molar-refractivity contribution is 0.100. The average molecular weight is 218 g/mol. The third-order valence-electron chi connectivity index (χ3n) is 2.52. The second-order valence-corrected chi connectivity index (χ2v) is 4.05. The maximum atomic E-state index is 11.3. The molecule has 0 saturated carbocycles. The van der Waals surface area contributed by atoms with Crippen LogP contribution in [0, 0.1) is 6.92 Å². The monoisotopic (exact) mass is 218 g/mol. The van der Waals surface area contributed by atoms with Gasteiger partial charge in [-0.2, -0.15) is 5.10 Å². The molecular weight excluding hydrogens is 204 g/mol. The van der Waals surface area contributed by atoms with Crippen LogP contribution in [-0.2, 0) is 0 Å². The number of primary amides is 1. The van der Waals surface area contributed by atoms with Crippen LogP contribution in [0.4, 0.5) is 0 Å². The molecule has 0 aromatic carbocycles. The summed E-state index contributed by atoms with van der Waals surface area (Å²) in [4.78, 5) is 15.6. The van der Waals surface area contributed by atoms with Gasteiger partial charge in [-0.05, 0) is 26.8 Å². The van der Waals surface area contributed by atoms with Crippen molar-refractivity contribution in [2.24, 2.45) is 5.73 Å². The Hall–Kier alpha value is -1.91. The first-order valence-corrected chi connectivity index (χ1v) is 5.16. The predicted octanol–water partition coefficient (Wildman–Crippen LogP) is 1.42. The zero-order valence-corrected chi connectivity index (χ0v) is 9.56. The Morgan fingerprint density at radius 2 is 2.19 bits per heavy atom. The van der Waals surface area contributed by atoms with Crippen molar-refractivity contribution in [2.75, 3.05) is 0 Å². The minimum absolute atomic E-state index is 0.201. The Morgan fingerprint density at radius 3 is 2.75 bits per heavy atom. The van der Waals surface area contributed by atoms with E-state index in [1.807, 2.05) is 20.8 Å². The molecule has 0 atom stereocenters. The molecule has 0 bridgehead atoms. The Labute approximate surface area is 93.3 Å². The molecule has 5 nitrogen and oxygen atoms in total. The van der Waals surface area contributed by atoms with E-state index in [2.05, 4.69) is 10.1 Å². The van der Waals surface area contributed by atoms with Crippen LogP contribution in [0.25, 0.3) is 11.0 Å². The lowest BCUT2D eigenvalue weighted by atomic mass is 10.1. The van der Waals surface area contributed by atoms with Gasteiger partial charge < -0.3 is 5.73 Å². The van der Waals surface area contributed by atoms with E-state index in [4.69, 9.17) is 5.73 Å². The number of hydrogen-bond donors (Lipinski definition) is 1. The van der Waals surface area contributed by atoms with Gasteiger partial charge in [-0.1, -0.05) is 0 Å². The van der Waals surface area contributed by atoms with Gasteiger partial charge >= 0.3 is 0 Å². The number of nitrogens with zero attached hydrogens (tertiary/aromatic N) is 3. The van der Waals surface area contributed by atoms with E-state index in [0.717, 1.165) is 11.1 Å². The van der Waals surface area contributed by atoms with Crippen LogP contribution < -0.4 is 5.73 Å². The summed E-state index contributed by atoms with van der Waals surface area (Å²) in [7, 11) is 0. The zero-order valence-electron chi connectivity index (χ0n) is 9.56. The maximum Gasteiger partial charge on any atom is 0.249 e. The van der Waals surface area contributed by atoms with Crippen molar-refractivity contribution in [3.63, 3.8) is 0 Å². The highest BCUT2D eigenvalue weighted by Crippen LogP contribution is 2.22. The highest BCUT2D eigenvalue weighted by molar-refractivity contribution is 6.05. The van der Waals surface area contributed by atoms with E-state index in [-0.39, 0.29) is 6.04 Å². The van der Waals surface area contributed by atoms with Crippen LogP contribution in [0.15, 0.2) is 12.3 Å². The van der Waals surface area contributed by atoms with Crippen molar-refractivity contribution in [1.29, 1.82) is 0 Å². The Kier molecular flexibility index (Phi) is 2.38. The molecule has 5 heteroatoms. The zero-order chi connectivity index (χ0) is 11.9. The lowest BCUT2D eigenvalue weighted by Gasteiger charge is -2.05. The molecule has 0 aliphatic carbocycles. The molecule has 0 aliphatic heterocycles. The standard InChI is InChI=1S/C11H14N4O/c1-6(2)15-11-9(7(3)14-15)8(10(12)16)4-5-13-11/h4-6H,1-3H3,(H2,12,16). The number of aromatic nitrogens is 3. The van der Waals surface area contributed by atoms with E-state index < -0.39 is 5.91 Å². The number of fused-ring (bicyclic) bond motifs is 1. The minimum Gasteiger partial charge on any atom is -0.366 e. The minimum atomic E-state index is -0.446. The molecule has 0 spiro atoms. The first-order valence-electron chi connectivity index (χ1n) is 5.16. The molecule has 16 heavy (non-hydrogen) atoms. The predicted molar refractivity (Wildman–Crippen MR) is 61.2 cm³/mol. The lowest BCUT2D eigenvalue weighted by Crippen LogP contribution is -2.12. The van der Waals surface area contributed by atoms with Crippen molar-refractivity contribution in [3.05, 3.63) is 23.5 Å². The smallest absolute Gasteiger partial charge is 0.249 e. The molecule has 2 N–H and O–H groups in total. The van der Waals surface area contributed by atoms with Gasteiger partial charge in [0, 0.05) is 12.2 Å². The van der Waals surface area contributed by atoms with E-state index in [1.165, 1.54) is 0 Å². The molecule has 0 fully saturated rings. The Bertz CT molecular complexity index is 556. The molecule has 1 amide bonds. The van der Waals surface area contributed by atoms with Crippen LogP contribution in [0.3, 0.4) is 0 Å². The summed E-state index contributed by atoms with van der Waals surface area (Å²) in [5.41, 5.74) is 7.31. The van der Waals surface area contributed by atoms with Crippen molar-refractivity contribution >= 4 is 16.9 Å². The molecule has 0 aliphatic rings. The fourth-order valence-electron chi connectivity index (χ4n) is 1.81. The average Bonchev–Trinajstić information content (AvgIpc) is 2.56. The summed E-state index contributed by atoms with van der Waals surface area (Å²) in [6.07, 6.45) is 1.59. The van der Waals surface area contributed by atoms with Gasteiger partial charge in [-0.15, -0.1) is 0 Å². The number of nitrogens with two attached hydrogens (primary N) is 1. The number of carbonyl (C=O) groups is 1. The van der Waals surface area contributed by atoms with E-state index >= 15 is 0 Å². The summed E-state index contributed by atoms with van der Waals surface area (Å²) in [6.45, 7) is 5.89. The first-order chi connectivity index (χ1) is 7.52. The number of aryl methyl sites for hydroxylation is 1. The molecule has 0 radical (unpaired) electrons. The third kappa shape index (κ3) is 1.44. The molecule has 84 valence electrons. The number of pyridine rings is 1. The number of hydrogen-bond acceptors (Lipinski definition) is 3. The summed E-state index contributed by atoms with van der Waals surface area (Å²) < 4.78 is 1.80. The highest BCUT2D eigenvalue weighted by Gasteiger charge is 2.16. The summed E-state index contributed by atoms with van der Waals surface area (Å²) in [5, 5.41) is 5.13. The SMILES string of the molecule is Cc1nn(C(C)C)c2nccc(C(N)=O)c12.